The summed E-state index contributed by atoms with van der Waals surface area (Å²) < 4.78 is 0. The average molecular weight is 362 g/mol. The molecule has 0 saturated carbocycles. The second kappa shape index (κ2) is 6.69. The first-order chi connectivity index (χ1) is 12.6. The molecule has 0 aliphatic heterocycles. The number of amides is 1. The largest absolute Gasteiger partial charge is 0.301 e. The summed E-state index contributed by atoms with van der Waals surface area (Å²) in [6.07, 6.45) is 2.52. The van der Waals surface area contributed by atoms with E-state index in [1.807, 2.05) is 11.4 Å². The lowest BCUT2D eigenvalue weighted by Crippen LogP contribution is -2.43. The topological polar surface area (TPSA) is 42.0 Å². The van der Waals surface area contributed by atoms with E-state index >= 15 is 0 Å². The van der Waals surface area contributed by atoms with Crippen LogP contribution in [0.4, 0.5) is 5.13 Å². The van der Waals surface area contributed by atoms with Crippen LogP contribution in [0.1, 0.15) is 48.8 Å². The summed E-state index contributed by atoms with van der Waals surface area (Å²) in [6.45, 7) is 4.31. The van der Waals surface area contributed by atoms with Crippen LogP contribution in [0.5, 0.6) is 0 Å². The summed E-state index contributed by atoms with van der Waals surface area (Å²) in [6, 6.07) is 18.9. The summed E-state index contributed by atoms with van der Waals surface area (Å²) in [5.74, 6) is 0.400. The molecule has 4 rings (SSSR count). The summed E-state index contributed by atoms with van der Waals surface area (Å²) >= 11 is 1.45. The molecular formula is C22H22N2OS. The van der Waals surface area contributed by atoms with Gasteiger partial charge in [-0.15, -0.1) is 11.3 Å². The van der Waals surface area contributed by atoms with Gasteiger partial charge in [0, 0.05) is 17.5 Å². The van der Waals surface area contributed by atoms with Crippen LogP contribution in [0.15, 0.2) is 66.2 Å². The molecular weight excluding hydrogens is 340 g/mol. The molecule has 26 heavy (non-hydrogen) atoms. The molecule has 0 spiro atoms. The predicted octanol–water partition coefficient (Wildman–Crippen LogP) is 5.43. The highest BCUT2D eigenvalue weighted by Crippen LogP contribution is 2.53. The third-order valence-electron chi connectivity index (χ3n) is 5.51. The number of hydrogen-bond donors (Lipinski definition) is 1. The highest BCUT2D eigenvalue weighted by atomic mass is 32.1. The Kier molecular flexibility index (Phi) is 4.37. The van der Waals surface area contributed by atoms with E-state index in [-0.39, 0.29) is 11.8 Å². The number of fused-ring (bicyclic) bond motifs is 1. The number of anilines is 1. The molecule has 1 amide bonds. The maximum absolute atomic E-state index is 13.4. The minimum Gasteiger partial charge on any atom is -0.301 e. The summed E-state index contributed by atoms with van der Waals surface area (Å²) in [4.78, 5) is 17.6. The molecule has 1 heterocycles. The Morgan fingerprint density at radius 2 is 1.81 bits per heavy atom. The normalized spacial score (nSPS) is 24.7. The monoisotopic (exact) mass is 362 g/mol. The quantitative estimate of drug-likeness (QED) is 0.675. The standard InChI is InChI=1S/C22H22N2OS/c1-15-14-22(2,20(25)24-21-23-12-13-26-21)19(16-8-4-3-5-9-16)18-11-7-6-10-17(15)18/h3-13,15,19H,14H2,1-2H3,(H,23,24,25). The zero-order valence-corrected chi connectivity index (χ0v) is 15.8. The lowest BCUT2D eigenvalue weighted by atomic mass is 9.59. The number of carbonyl (C=O) groups is 1. The van der Waals surface area contributed by atoms with E-state index < -0.39 is 5.41 Å². The molecule has 4 heteroatoms. The lowest BCUT2D eigenvalue weighted by Gasteiger charge is -2.44. The van der Waals surface area contributed by atoms with E-state index in [1.54, 1.807) is 6.20 Å². The number of nitrogens with zero attached hydrogens (tertiary/aromatic N) is 1. The SMILES string of the molecule is CC1CC(C)(C(=O)Nc2nccs2)C(c2ccccc2)c2ccccc21. The molecule has 0 bridgehead atoms. The van der Waals surface area contributed by atoms with Crippen molar-refractivity contribution >= 4 is 22.4 Å². The Morgan fingerprint density at radius 1 is 1.12 bits per heavy atom. The minimum atomic E-state index is -0.541. The fourth-order valence-corrected chi connectivity index (χ4v) is 4.90. The highest BCUT2D eigenvalue weighted by molar-refractivity contribution is 7.13. The van der Waals surface area contributed by atoms with Crippen LogP contribution >= 0.6 is 11.3 Å². The van der Waals surface area contributed by atoms with Crippen molar-refractivity contribution in [2.75, 3.05) is 5.32 Å². The van der Waals surface area contributed by atoms with Gasteiger partial charge in [0.1, 0.15) is 0 Å². The molecule has 1 aliphatic carbocycles. The molecule has 0 fully saturated rings. The molecule has 3 unspecified atom stereocenters. The van der Waals surface area contributed by atoms with Crippen molar-refractivity contribution in [1.29, 1.82) is 0 Å². The van der Waals surface area contributed by atoms with Crippen molar-refractivity contribution in [2.45, 2.75) is 32.1 Å². The van der Waals surface area contributed by atoms with Crippen molar-refractivity contribution in [3.8, 4) is 0 Å². The van der Waals surface area contributed by atoms with Crippen LogP contribution in [0, 0.1) is 5.41 Å². The first kappa shape index (κ1) is 17.0. The van der Waals surface area contributed by atoms with Crippen LogP contribution in [-0.2, 0) is 4.79 Å². The van der Waals surface area contributed by atoms with E-state index in [0.717, 1.165) is 6.42 Å². The summed E-state index contributed by atoms with van der Waals surface area (Å²) in [5.41, 5.74) is 3.25. The Labute approximate surface area is 158 Å². The second-order valence-corrected chi connectivity index (χ2v) is 8.18. The summed E-state index contributed by atoms with van der Waals surface area (Å²) in [7, 11) is 0. The van der Waals surface area contributed by atoms with Gasteiger partial charge in [0.25, 0.3) is 0 Å². The first-order valence-electron chi connectivity index (χ1n) is 8.94. The van der Waals surface area contributed by atoms with Gasteiger partial charge < -0.3 is 5.32 Å². The van der Waals surface area contributed by atoms with Gasteiger partial charge in [0.15, 0.2) is 5.13 Å². The number of aromatic nitrogens is 1. The van der Waals surface area contributed by atoms with Crippen LogP contribution in [-0.4, -0.2) is 10.9 Å². The Hall–Kier alpha value is -2.46. The zero-order chi connectivity index (χ0) is 18.1. The van der Waals surface area contributed by atoms with Crippen LogP contribution in [0.2, 0.25) is 0 Å². The molecule has 0 saturated heterocycles. The first-order valence-corrected chi connectivity index (χ1v) is 9.82. The number of hydrogen-bond acceptors (Lipinski definition) is 3. The van der Waals surface area contributed by atoms with Crippen molar-refractivity contribution in [2.24, 2.45) is 5.41 Å². The number of thiazole rings is 1. The van der Waals surface area contributed by atoms with E-state index in [2.05, 4.69) is 72.7 Å². The molecule has 1 aliphatic rings. The van der Waals surface area contributed by atoms with Gasteiger partial charge in [0.05, 0.1) is 5.41 Å². The molecule has 0 radical (unpaired) electrons. The van der Waals surface area contributed by atoms with Crippen molar-refractivity contribution in [3.05, 3.63) is 82.9 Å². The molecule has 3 nitrogen and oxygen atoms in total. The predicted molar refractivity (Wildman–Crippen MR) is 107 cm³/mol. The fraction of sp³-hybridized carbons (Fsp3) is 0.273. The van der Waals surface area contributed by atoms with Crippen molar-refractivity contribution < 1.29 is 4.79 Å². The van der Waals surface area contributed by atoms with E-state index in [0.29, 0.717) is 11.0 Å². The molecule has 132 valence electrons. The van der Waals surface area contributed by atoms with Crippen LogP contribution in [0.3, 0.4) is 0 Å². The smallest absolute Gasteiger partial charge is 0.233 e. The second-order valence-electron chi connectivity index (χ2n) is 7.29. The van der Waals surface area contributed by atoms with Crippen molar-refractivity contribution in [3.63, 3.8) is 0 Å². The minimum absolute atomic E-state index is 0.0241. The van der Waals surface area contributed by atoms with Gasteiger partial charge in [-0.3, -0.25) is 4.79 Å². The third kappa shape index (κ3) is 2.84. The Bertz CT molecular complexity index is 907. The van der Waals surface area contributed by atoms with Crippen LogP contribution < -0.4 is 5.32 Å². The van der Waals surface area contributed by atoms with E-state index in [9.17, 15) is 4.79 Å². The van der Waals surface area contributed by atoms with Gasteiger partial charge >= 0.3 is 0 Å². The van der Waals surface area contributed by atoms with Crippen LogP contribution in [0.25, 0.3) is 0 Å². The Balaban J connectivity index is 1.83. The third-order valence-corrected chi connectivity index (χ3v) is 6.20. The number of nitrogens with one attached hydrogen (secondary N) is 1. The van der Waals surface area contributed by atoms with E-state index in [1.165, 1.54) is 28.0 Å². The van der Waals surface area contributed by atoms with Gasteiger partial charge in [-0.05, 0) is 36.0 Å². The Morgan fingerprint density at radius 3 is 2.50 bits per heavy atom. The zero-order valence-electron chi connectivity index (χ0n) is 15.0. The van der Waals surface area contributed by atoms with Gasteiger partial charge in [-0.25, -0.2) is 4.98 Å². The maximum atomic E-state index is 13.4. The van der Waals surface area contributed by atoms with Gasteiger partial charge in [0.2, 0.25) is 5.91 Å². The van der Waals surface area contributed by atoms with Gasteiger partial charge in [-0.2, -0.15) is 0 Å². The van der Waals surface area contributed by atoms with Gasteiger partial charge in [-0.1, -0.05) is 61.5 Å². The number of rotatable bonds is 3. The molecule has 3 aromatic rings. The molecule has 1 aromatic heterocycles. The fourth-order valence-electron chi connectivity index (χ4n) is 4.37. The molecule has 1 N–H and O–H groups in total. The maximum Gasteiger partial charge on any atom is 0.233 e. The lowest BCUT2D eigenvalue weighted by molar-refractivity contribution is -0.126. The van der Waals surface area contributed by atoms with Crippen molar-refractivity contribution in [1.82, 2.24) is 4.98 Å². The highest BCUT2D eigenvalue weighted by Gasteiger charge is 2.48. The number of carbonyl (C=O) groups excluding carboxylic acids is 1. The molecule has 2 aromatic carbocycles. The van der Waals surface area contributed by atoms with E-state index in [4.69, 9.17) is 0 Å². The average Bonchev–Trinajstić information content (AvgIpc) is 3.16. The summed E-state index contributed by atoms with van der Waals surface area (Å²) in [5, 5.41) is 5.59. The molecule has 3 atom stereocenters. The number of benzene rings is 2.